The number of rotatable bonds is 5. The van der Waals surface area contributed by atoms with Crippen LogP contribution in [0.2, 0.25) is 0 Å². The van der Waals surface area contributed by atoms with Crippen molar-refractivity contribution in [3.63, 3.8) is 0 Å². The van der Waals surface area contributed by atoms with Gasteiger partial charge in [0.2, 0.25) is 6.79 Å². The smallest absolute Gasteiger partial charge is 0.231 e. The van der Waals surface area contributed by atoms with Crippen LogP contribution in [0.15, 0.2) is 12.1 Å². The fourth-order valence-electron chi connectivity index (χ4n) is 2.83. The van der Waals surface area contributed by atoms with Gasteiger partial charge in [-0.25, -0.2) is 0 Å². The summed E-state index contributed by atoms with van der Waals surface area (Å²) >= 11 is 0. The maximum absolute atomic E-state index is 9.23. The van der Waals surface area contributed by atoms with Crippen LogP contribution >= 0.6 is 0 Å². The lowest BCUT2D eigenvalue weighted by atomic mass is 10.1. The highest BCUT2D eigenvalue weighted by molar-refractivity contribution is 5.51. The van der Waals surface area contributed by atoms with Gasteiger partial charge in [-0.05, 0) is 31.9 Å². The zero-order chi connectivity index (χ0) is 13.9. The van der Waals surface area contributed by atoms with Crippen LogP contribution in [0.25, 0.3) is 0 Å². The number of likely N-dealkylation sites (tertiary alicyclic amines) is 1. The van der Waals surface area contributed by atoms with E-state index in [9.17, 15) is 5.11 Å². The Morgan fingerprint density at radius 3 is 2.85 bits per heavy atom. The number of aliphatic hydroxyl groups is 1. The molecular formula is C15H21NO4. The first kappa shape index (κ1) is 13.5. The molecule has 2 aliphatic heterocycles. The van der Waals surface area contributed by atoms with E-state index in [0.29, 0.717) is 12.5 Å². The molecular weight excluding hydrogens is 258 g/mol. The second kappa shape index (κ2) is 5.89. The first-order valence-corrected chi connectivity index (χ1v) is 7.18. The summed E-state index contributed by atoms with van der Waals surface area (Å²) in [5.74, 6) is 2.82. The molecule has 1 N–H and O–H groups in total. The van der Waals surface area contributed by atoms with Gasteiger partial charge in [0.05, 0.1) is 6.61 Å². The quantitative estimate of drug-likeness (QED) is 0.888. The molecule has 1 aromatic carbocycles. The Hall–Kier alpha value is -1.46. The van der Waals surface area contributed by atoms with Gasteiger partial charge in [0.1, 0.15) is 5.75 Å². The molecule has 0 amide bonds. The summed E-state index contributed by atoms with van der Waals surface area (Å²) in [6.45, 7) is 5.94. The Morgan fingerprint density at radius 2 is 2.15 bits per heavy atom. The summed E-state index contributed by atoms with van der Waals surface area (Å²) < 4.78 is 16.6. The molecule has 2 heterocycles. The monoisotopic (exact) mass is 279 g/mol. The maximum atomic E-state index is 9.23. The van der Waals surface area contributed by atoms with E-state index in [1.54, 1.807) is 0 Å². The molecule has 0 aliphatic carbocycles. The molecule has 20 heavy (non-hydrogen) atoms. The predicted octanol–water partition coefficient (Wildman–Crippen LogP) is 1.63. The van der Waals surface area contributed by atoms with Crippen molar-refractivity contribution >= 4 is 0 Å². The molecule has 0 bridgehead atoms. The van der Waals surface area contributed by atoms with Crippen molar-refractivity contribution in [2.45, 2.75) is 19.9 Å². The Bertz CT molecular complexity index is 477. The molecule has 5 nitrogen and oxygen atoms in total. The van der Waals surface area contributed by atoms with E-state index in [0.717, 1.165) is 48.9 Å². The molecule has 3 rings (SSSR count). The van der Waals surface area contributed by atoms with E-state index in [4.69, 9.17) is 14.2 Å². The van der Waals surface area contributed by atoms with E-state index in [2.05, 4.69) is 4.90 Å². The third kappa shape index (κ3) is 2.69. The SMILES string of the molecule is CCOc1cc2c(cc1CN1CCC(CO)C1)OCO2. The van der Waals surface area contributed by atoms with Crippen LogP contribution < -0.4 is 14.2 Å². The number of fused-ring (bicyclic) bond motifs is 1. The minimum absolute atomic E-state index is 0.274. The van der Waals surface area contributed by atoms with E-state index >= 15 is 0 Å². The van der Waals surface area contributed by atoms with Crippen LogP contribution in [0.1, 0.15) is 18.9 Å². The van der Waals surface area contributed by atoms with Crippen molar-refractivity contribution in [3.8, 4) is 17.2 Å². The second-order valence-electron chi connectivity index (χ2n) is 5.32. The summed E-state index contributed by atoms with van der Waals surface area (Å²) in [7, 11) is 0. The summed E-state index contributed by atoms with van der Waals surface area (Å²) in [4.78, 5) is 2.35. The molecule has 5 heteroatoms. The third-order valence-corrected chi connectivity index (χ3v) is 3.88. The van der Waals surface area contributed by atoms with Crippen LogP contribution in [0, 0.1) is 5.92 Å². The normalized spacial score (nSPS) is 21.4. The number of benzene rings is 1. The lowest BCUT2D eigenvalue weighted by molar-refractivity contribution is 0.173. The average molecular weight is 279 g/mol. The van der Waals surface area contributed by atoms with E-state index in [1.807, 2.05) is 19.1 Å². The highest BCUT2D eigenvalue weighted by Gasteiger charge is 2.24. The van der Waals surface area contributed by atoms with E-state index in [1.165, 1.54) is 0 Å². The summed E-state index contributed by atoms with van der Waals surface area (Å²) in [5, 5.41) is 9.23. The topological polar surface area (TPSA) is 51.2 Å². The zero-order valence-electron chi connectivity index (χ0n) is 11.8. The maximum Gasteiger partial charge on any atom is 0.231 e. The van der Waals surface area contributed by atoms with Gasteiger partial charge in [0, 0.05) is 31.3 Å². The van der Waals surface area contributed by atoms with Gasteiger partial charge in [0.15, 0.2) is 11.5 Å². The number of hydrogen-bond acceptors (Lipinski definition) is 5. The minimum atomic E-state index is 0.274. The first-order valence-electron chi connectivity index (χ1n) is 7.18. The lowest BCUT2D eigenvalue weighted by Gasteiger charge is -2.18. The number of ether oxygens (including phenoxy) is 3. The molecule has 0 radical (unpaired) electrons. The Kier molecular flexibility index (Phi) is 3.98. The van der Waals surface area contributed by atoms with Crippen LogP contribution in [0.5, 0.6) is 17.2 Å². The molecule has 1 saturated heterocycles. The van der Waals surface area contributed by atoms with Crippen LogP contribution in [-0.4, -0.2) is 43.1 Å². The molecule has 0 aromatic heterocycles. The fraction of sp³-hybridized carbons (Fsp3) is 0.600. The molecule has 2 aliphatic rings. The van der Waals surface area contributed by atoms with Crippen molar-refractivity contribution in [1.29, 1.82) is 0 Å². The minimum Gasteiger partial charge on any atom is -0.493 e. The van der Waals surface area contributed by atoms with Gasteiger partial charge >= 0.3 is 0 Å². The van der Waals surface area contributed by atoms with Crippen molar-refractivity contribution in [2.24, 2.45) is 5.92 Å². The van der Waals surface area contributed by atoms with Gasteiger partial charge in [-0.2, -0.15) is 0 Å². The standard InChI is InChI=1S/C15H21NO4/c1-2-18-13-6-15-14(19-10-20-15)5-12(13)8-16-4-3-11(7-16)9-17/h5-6,11,17H,2-4,7-10H2,1H3. The van der Waals surface area contributed by atoms with E-state index < -0.39 is 0 Å². The van der Waals surface area contributed by atoms with Crippen molar-refractivity contribution in [2.75, 3.05) is 33.1 Å². The summed E-state index contributed by atoms with van der Waals surface area (Å²) in [6, 6.07) is 3.93. The highest BCUT2D eigenvalue weighted by atomic mass is 16.7. The number of hydrogen-bond donors (Lipinski definition) is 1. The lowest BCUT2D eigenvalue weighted by Crippen LogP contribution is -2.21. The fourth-order valence-corrected chi connectivity index (χ4v) is 2.83. The van der Waals surface area contributed by atoms with Gasteiger partial charge in [-0.1, -0.05) is 0 Å². The molecule has 0 saturated carbocycles. The highest BCUT2D eigenvalue weighted by Crippen LogP contribution is 2.39. The van der Waals surface area contributed by atoms with Crippen molar-refractivity contribution in [1.82, 2.24) is 4.90 Å². The van der Waals surface area contributed by atoms with Gasteiger partial charge in [-0.15, -0.1) is 0 Å². The zero-order valence-corrected chi connectivity index (χ0v) is 11.8. The van der Waals surface area contributed by atoms with Gasteiger partial charge < -0.3 is 19.3 Å². The average Bonchev–Trinajstić information content (AvgIpc) is 3.08. The van der Waals surface area contributed by atoms with Crippen LogP contribution in [0.3, 0.4) is 0 Å². The molecule has 1 aromatic rings. The van der Waals surface area contributed by atoms with Crippen molar-refractivity contribution in [3.05, 3.63) is 17.7 Å². The Labute approximate surface area is 119 Å². The number of aliphatic hydroxyl groups excluding tert-OH is 1. The molecule has 1 unspecified atom stereocenters. The Morgan fingerprint density at radius 1 is 1.35 bits per heavy atom. The second-order valence-corrected chi connectivity index (χ2v) is 5.32. The van der Waals surface area contributed by atoms with Crippen LogP contribution in [0.4, 0.5) is 0 Å². The first-order chi connectivity index (χ1) is 9.80. The molecule has 110 valence electrons. The van der Waals surface area contributed by atoms with E-state index in [-0.39, 0.29) is 13.4 Å². The Balaban J connectivity index is 1.77. The third-order valence-electron chi connectivity index (χ3n) is 3.88. The number of nitrogens with zero attached hydrogens (tertiary/aromatic N) is 1. The molecule has 1 atom stereocenters. The van der Waals surface area contributed by atoms with Gasteiger partial charge in [0.25, 0.3) is 0 Å². The molecule has 1 fully saturated rings. The largest absolute Gasteiger partial charge is 0.493 e. The summed E-state index contributed by atoms with van der Waals surface area (Å²) in [6.07, 6.45) is 1.06. The van der Waals surface area contributed by atoms with Crippen LogP contribution in [-0.2, 0) is 6.54 Å². The van der Waals surface area contributed by atoms with Gasteiger partial charge in [-0.3, -0.25) is 4.90 Å². The molecule has 0 spiro atoms. The summed E-state index contributed by atoms with van der Waals surface area (Å²) in [5.41, 5.74) is 1.12. The van der Waals surface area contributed by atoms with Crippen molar-refractivity contribution < 1.29 is 19.3 Å². The predicted molar refractivity (Wildman–Crippen MR) is 74.2 cm³/mol.